The Bertz CT molecular complexity index is 695. The van der Waals surface area contributed by atoms with Gasteiger partial charge in [0.1, 0.15) is 11.9 Å². The lowest BCUT2D eigenvalue weighted by atomic mass is 9.76. The number of piperidine rings is 1. The van der Waals surface area contributed by atoms with Gasteiger partial charge >= 0.3 is 5.97 Å². The van der Waals surface area contributed by atoms with Crippen molar-refractivity contribution < 1.29 is 14.3 Å². The standard InChI is InChI=1S/C18H27N5O3S/c1-13-19-17(21-20-13)27-12-15(24)23-8-4-18(5-9-23)10-14(26-16(18)25)11-22-6-2-3-7-22/h14H,2-12H2,1H3,(H,19,20,21). The molecule has 1 N–H and O–H groups in total. The molecule has 3 saturated heterocycles. The van der Waals surface area contributed by atoms with Crippen molar-refractivity contribution in [3.63, 3.8) is 0 Å². The number of hydrogen-bond acceptors (Lipinski definition) is 7. The van der Waals surface area contributed by atoms with Gasteiger partial charge in [-0.1, -0.05) is 11.8 Å². The highest BCUT2D eigenvalue weighted by Crippen LogP contribution is 2.43. The number of hydrogen-bond donors (Lipinski definition) is 1. The molecule has 0 aliphatic carbocycles. The fourth-order valence-corrected chi connectivity index (χ4v) is 5.14. The number of thioether (sulfide) groups is 1. The predicted octanol–water partition coefficient (Wildman–Crippen LogP) is 1.23. The third kappa shape index (κ3) is 4.13. The first-order valence-corrected chi connectivity index (χ1v) is 10.8. The SMILES string of the molecule is Cc1nc(SCC(=O)N2CCC3(CC2)CC(CN2CCCC2)OC3=O)n[nH]1. The molecule has 1 unspecified atom stereocenters. The number of aromatic amines is 1. The molecule has 0 bridgehead atoms. The minimum absolute atomic E-state index is 0.0161. The van der Waals surface area contributed by atoms with Gasteiger partial charge in [-0.15, -0.1) is 5.10 Å². The number of aryl methyl sites for hydroxylation is 1. The first kappa shape index (κ1) is 18.7. The number of aromatic nitrogens is 3. The molecule has 0 radical (unpaired) electrons. The molecule has 4 heterocycles. The van der Waals surface area contributed by atoms with Crippen LogP contribution in [0.4, 0.5) is 0 Å². The second kappa shape index (κ2) is 7.79. The molecule has 27 heavy (non-hydrogen) atoms. The van der Waals surface area contributed by atoms with Crippen molar-refractivity contribution in [3.8, 4) is 0 Å². The van der Waals surface area contributed by atoms with E-state index >= 15 is 0 Å². The molecule has 1 spiro atoms. The van der Waals surface area contributed by atoms with Crippen molar-refractivity contribution in [3.05, 3.63) is 5.82 Å². The quantitative estimate of drug-likeness (QED) is 0.594. The van der Waals surface area contributed by atoms with E-state index in [-0.39, 0.29) is 23.4 Å². The topological polar surface area (TPSA) is 91.4 Å². The summed E-state index contributed by atoms with van der Waals surface area (Å²) in [5.41, 5.74) is -0.380. The highest BCUT2D eigenvalue weighted by Gasteiger charge is 2.51. The van der Waals surface area contributed by atoms with Crippen molar-refractivity contribution in [1.82, 2.24) is 25.0 Å². The van der Waals surface area contributed by atoms with Gasteiger partial charge in [0.2, 0.25) is 11.1 Å². The van der Waals surface area contributed by atoms with Gasteiger partial charge in [0.05, 0.1) is 11.2 Å². The zero-order valence-electron chi connectivity index (χ0n) is 15.8. The van der Waals surface area contributed by atoms with E-state index in [0.29, 0.717) is 36.8 Å². The van der Waals surface area contributed by atoms with Gasteiger partial charge in [-0.2, -0.15) is 0 Å². The van der Waals surface area contributed by atoms with Crippen LogP contribution in [0.5, 0.6) is 0 Å². The van der Waals surface area contributed by atoms with Gasteiger partial charge in [0.15, 0.2) is 0 Å². The molecule has 0 saturated carbocycles. The van der Waals surface area contributed by atoms with E-state index in [2.05, 4.69) is 20.1 Å². The van der Waals surface area contributed by atoms with Crippen LogP contribution in [0.1, 0.15) is 37.9 Å². The van der Waals surface area contributed by atoms with Crippen LogP contribution in [-0.4, -0.2) is 81.4 Å². The first-order valence-electron chi connectivity index (χ1n) is 9.77. The normalized spacial score (nSPS) is 25.3. The summed E-state index contributed by atoms with van der Waals surface area (Å²) in [6.07, 6.45) is 4.72. The van der Waals surface area contributed by atoms with Crippen molar-refractivity contribution in [2.24, 2.45) is 5.41 Å². The fraction of sp³-hybridized carbons (Fsp3) is 0.778. The van der Waals surface area contributed by atoms with Gasteiger partial charge in [0.25, 0.3) is 0 Å². The Morgan fingerprint density at radius 2 is 2.04 bits per heavy atom. The Morgan fingerprint density at radius 1 is 1.30 bits per heavy atom. The third-order valence-electron chi connectivity index (χ3n) is 5.96. The average molecular weight is 394 g/mol. The third-order valence-corrected chi connectivity index (χ3v) is 6.79. The highest BCUT2D eigenvalue weighted by atomic mass is 32.2. The van der Waals surface area contributed by atoms with Crippen LogP contribution in [-0.2, 0) is 14.3 Å². The van der Waals surface area contributed by atoms with Crippen LogP contribution in [0.25, 0.3) is 0 Å². The molecule has 0 aromatic carbocycles. The molecule has 1 amide bonds. The van der Waals surface area contributed by atoms with Gasteiger partial charge in [-0.05, 0) is 45.7 Å². The zero-order chi connectivity index (χ0) is 18.9. The van der Waals surface area contributed by atoms with E-state index in [1.165, 1.54) is 24.6 Å². The van der Waals surface area contributed by atoms with Crippen LogP contribution < -0.4 is 0 Å². The first-order chi connectivity index (χ1) is 13.0. The van der Waals surface area contributed by atoms with Gasteiger partial charge in [0, 0.05) is 26.1 Å². The van der Waals surface area contributed by atoms with E-state index in [1.807, 2.05) is 11.8 Å². The summed E-state index contributed by atoms with van der Waals surface area (Å²) in [5, 5.41) is 7.42. The van der Waals surface area contributed by atoms with Crippen molar-refractivity contribution in [1.29, 1.82) is 0 Å². The maximum absolute atomic E-state index is 12.6. The van der Waals surface area contributed by atoms with Crippen molar-refractivity contribution >= 4 is 23.6 Å². The smallest absolute Gasteiger partial charge is 0.312 e. The summed E-state index contributed by atoms with van der Waals surface area (Å²) in [7, 11) is 0. The van der Waals surface area contributed by atoms with E-state index in [9.17, 15) is 9.59 Å². The lowest BCUT2D eigenvalue weighted by molar-refractivity contribution is -0.152. The van der Waals surface area contributed by atoms with Crippen LogP contribution >= 0.6 is 11.8 Å². The number of rotatable bonds is 5. The molecule has 8 nitrogen and oxygen atoms in total. The molecular formula is C18H27N5O3S. The molecule has 3 aliphatic heterocycles. The summed E-state index contributed by atoms with van der Waals surface area (Å²) in [5.74, 6) is 1.10. The minimum Gasteiger partial charge on any atom is -0.461 e. The molecule has 4 rings (SSSR count). The van der Waals surface area contributed by atoms with E-state index in [4.69, 9.17) is 4.74 Å². The molecule has 1 aromatic rings. The summed E-state index contributed by atoms with van der Waals surface area (Å²) < 4.78 is 5.71. The number of carbonyl (C=O) groups is 2. The lowest BCUT2D eigenvalue weighted by Gasteiger charge is -2.36. The average Bonchev–Trinajstić information content (AvgIpc) is 3.37. The maximum Gasteiger partial charge on any atom is 0.312 e. The highest BCUT2D eigenvalue weighted by molar-refractivity contribution is 7.99. The van der Waals surface area contributed by atoms with Crippen LogP contribution in [0.15, 0.2) is 5.16 Å². The molecule has 148 valence electrons. The molecule has 1 atom stereocenters. The number of ether oxygens (including phenoxy) is 1. The van der Waals surface area contributed by atoms with Gasteiger partial charge in [-0.25, -0.2) is 4.98 Å². The fourth-order valence-electron chi connectivity index (χ4n) is 4.39. The second-order valence-electron chi connectivity index (χ2n) is 7.89. The van der Waals surface area contributed by atoms with Crippen LogP contribution in [0, 0.1) is 12.3 Å². The van der Waals surface area contributed by atoms with Gasteiger partial charge in [-0.3, -0.25) is 19.6 Å². The molecule has 1 aromatic heterocycles. The second-order valence-corrected chi connectivity index (χ2v) is 8.83. The minimum atomic E-state index is -0.380. The van der Waals surface area contributed by atoms with E-state index in [1.54, 1.807) is 0 Å². The van der Waals surface area contributed by atoms with Gasteiger partial charge < -0.3 is 9.64 Å². The molecule has 3 aliphatic rings. The molecule has 3 fully saturated rings. The van der Waals surface area contributed by atoms with E-state index < -0.39 is 0 Å². The Kier molecular flexibility index (Phi) is 5.41. The predicted molar refractivity (Wildman–Crippen MR) is 100 cm³/mol. The largest absolute Gasteiger partial charge is 0.461 e. The Balaban J connectivity index is 1.26. The molecular weight excluding hydrogens is 366 g/mol. The van der Waals surface area contributed by atoms with Crippen molar-refractivity contribution in [2.45, 2.75) is 50.3 Å². The molecule has 9 heteroatoms. The number of nitrogens with one attached hydrogen (secondary N) is 1. The Morgan fingerprint density at radius 3 is 2.70 bits per heavy atom. The summed E-state index contributed by atoms with van der Waals surface area (Å²) in [4.78, 5) is 33.5. The lowest BCUT2D eigenvalue weighted by Crippen LogP contribution is -2.45. The Labute approximate surface area is 163 Å². The van der Waals surface area contributed by atoms with Crippen LogP contribution in [0.2, 0.25) is 0 Å². The number of carbonyl (C=O) groups excluding carboxylic acids is 2. The number of nitrogens with zero attached hydrogens (tertiary/aromatic N) is 4. The maximum atomic E-state index is 12.6. The number of H-pyrrole nitrogens is 1. The summed E-state index contributed by atoms with van der Waals surface area (Å²) >= 11 is 1.34. The number of likely N-dealkylation sites (tertiary alicyclic amines) is 2. The van der Waals surface area contributed by atoms with Crippen molar-refractivity contribution in [2.75, 3.05) is 38.5 Å². The monoisotopic (exact) mass is 393 g/mol. The summed E-state index contributed by atoms with van der Waals surface area (Å²) in [6.45, 7) is 6.18. The summed E-state index contributed by atoms with van der Waals surface area (Å²) in [6, 6.07) is 0. The zero-order valence-corrected chi connectivity index (χ0v) is 16.6. The number of amides is 1. The van der Waals surface area contributed by atoms with Crippen LogP contribution in [0.3, 0.4) is 0 Å². The Hall–Kier alpha value is -1.61. The number of esters is 1. The number of cyclic esters (lactones) is 1. The van der Waals surface area contributed by atoms with E-state index in [0.717, 1.165) is 31.9 Å².